The molecule has 126 valence electrons. The van der Waals surface area contributed by atoms with Gasteiger partial charge in [-0.05, 0) is 36.1 Å². The molecule has 1 saturated heterocycles. The van der Waals surface area contributed by atoms with Gasteiger partial charge >= 0.3 is 0 Å². The van der Waals surface area contributed by atoms with Crippen LogP contribution < -0.4 is 0 Å². The van der Waals surface area contributed by atoms with Gasteiger partial charge in [0.15, 0.2) is 0 Å². The number of carbonyl (C=O) groups excluding carboxylic acids is 1. The molecule has 3 nitrogen and oxygen atoms in total. The first-order chi connectivity index (χ1) is 11.6. The third kappa shape index (κ3) is 4.16. The number of halogens is 1. The highest BCUT2D eigenvalue weighted by molar-refractivity contribution is 6.30. The lowest BCUT2D eigenvalue weighted by Crippen LogP contribution is -2.40. The highest BCUT2D eigenvalue weighted by Crippen LogP contribution is 2.30. The monoisotopic (exact) mass is 343 g/mol. The summed E-state index contributed by atoms with van der Waals surface area (Å²) in [5, 5.41) is 10.3. The highest BCUT2D eigenvalue weighted by atomic mass is 35.5. The molecular weight excluding hydrogens is 322 g/mol. The minimum atomic E-state index is -0.268. The number of carbonyl (C=O) groups is 1. The molecule has 1 aliphatic heterocycles. The highest BCUT2D eigenvalue weighted by Gasteiger charge is 2.25. The molecule has 1 aliphatic rings. The van der Waals surface area contributed by atoms with Crippen molar-refractivity contribution >= 4 is 17.5 Å². The summed E-state index contributed by atoms with van der Waals surface area (Å²) in [6, 6.07) is 17.8. The molecule has 0 spiro atoms. The van der Waals surface area contributed by atoms with E-state index in [1.54, 1.807) is 0 Å². The lowest BCUT2D eigenvalue weighted by atomic mass is 9.88. The van der Waals surface area contributed by atoms with E-state index in [4.69, 9.17) is 11.6 Å². The maximum atomic E-state index is 12.7. The van der Waals surface area contributed by atoms with Crippen molar-refractivity contribution in [2.24, 2.45) is 0 Å². The Balaban J connectivity index is 1.80. The van der Waals surface area contributed by atoms with Gasteiger partial charge in [0.1, 0.15) is 0 Å². The van der Waals surface area contributed by atoms with E-state index in [-0.39, 0.29) is 17.9 Å². The van der Waals surface area contributed by atoms with Crippen LogP contribution in [0.3, 0.4) is 0 Å². The quantitative estimate of drug-likeness (QED) is 0.916. The van der Waals surface area contributed by atoms with Gasteiger partial charge in [0.05, 0.1) is 6.10 Å². The number of hydrogen-bond donors (Lipinski definition) is 1. The zero-order chi connectivity index (χ0) is 16.9. The lowest BCUT2D eigenvalue weighted by Gasteiger charge is -2.31. The van der Waals surface area contributed by atoms with E-state index in [1.807, 2.05) is 47.4 Å². The second-order valence-electron chi connectivity index (χ2n) is 6.33. The van der Waals surface area contributed by atoms with E-state index in [1.165, 1.54) is 0 Å². The second kappa shape index (κ2) is 7.82. The molecule has 0 radical (unpaired) electrons. The molecule has 0 aromatic heterocycles. The molecule has 2 aromatic carbocycles. The Labute approximate surface area is 147 Å². The largest absolute Gasteiger partial charge is 0.393 e. The first kappa shape index (κ1) is 17.0. The normalized spacial score (nSPS) is 16.8. The van der Waals surface area contributed by atoms with Crippen LogP contribution in [0.5, 0.6) is 0 Å². The first-order valence-corrected chi connectivity index (χ1v) is 8.77. The van der Waals surface area contributed by atoms with Crippen molar-refractivity contribution in [1.29, 1.82) is 0 Å². The van der Waals surface area contributed by atoms with Crippen LogP contribution in [0.2, 0.25) is 5.02 Å². The van der Waals surface area contributed by atoms with Gasteiger partial charge in [0.2, 0.25) is 5.91 Å². The summed E-state index contributed by atoms with van der Waals surface area (Å²) in [5.41, 5.74) is 2.22. The molecule has 0 saturated carbocycles. The van der Waals surface area contributed by atoms with Gasteiger partial charge in [-0.1, -0.05) is 54.1 Å². The maximum Gasteiger partial charge on any atom is 0.223 e. The molecule has 0 unspecified atom stereocenters. The van der Waals surface area contributed by atoms with Crippen molar-refractivity contribution in [3.05, 3.63) is 70.7 Å². The molecule has 2 aromatic rings. The Morgan fingerprint density at radius 1 is 1.04 bits per heavy atom. The van der Waals surface area contributed by atoms with Gasteiger partial charge in [-0.15, -0.1) is 0 Å². The number of rotatable bonds is 4. The number of likely N-dealkylation sites (tertiary alicyclic amines) is 1. The minimum absolute atomic E-state index is 0.0165. The topological polar surface area (TPSA) is 40.5 Å². The standard InChI is InChI=1S/C20H22ClNO2/c21-17-8-6-16(7-9-17)19(15-4-2-1-3-5-15)14-20(24)22-12-10-18(23)11-13-22/h1-9,18-19,23H,10-14H2/t19-/m0/s1. The fourth-order valence-corrected chi connectivity index (χ4v) is 3.35. The molecule has 1 heterocycles. The molecule has 1 fully saturated rings. The third-order valence-corrected chi connectivity index (χ3v) is 4.92. The number of aliphatic hydroxyl groups excluding tert-OH is 1. The van der Waals surface area contributed by atoms with Crippen LogP contribution in [0.1, 0.15) is 36.3 Å². The summed E-state index contributed by atoms with van der Waals surface area (Å²) in [7, 11) is 0. The van der Waals surface area contributed by atoms with E-state index >= 15 is 0 Å². The van der Waals surface area contributed by atoms with E-state index in [0.717, 1.165) is 11.1 Å². The van der Waals surface area contributed by atoms with Crippen LogP contribution in [-0.4, -0.2) is 35.1 Å². The Morgan fingerprint density at radius 3 is 2.25 bits per heavy atom. The zero-order valence-electron chi connectivity index (χ0n) is 13.6. The predicted molar refractivity (Wildman–Crippen MR) is 96.2 cm³/mol. The molecule has 1 N–H and O–H groups in total. The van der Waals surface area contributed by atoms with Gasteiger partial charge < -0.3 is 10.0 Å². The minimum Gasteiger partial charge on any atom is -0.393 e. The van der Waals surface area contributed by atoms with E-state index in [9.17, 15) is 9.90 Å². The third-order valence-electron chi connectivity index (χ3n) is 4.67. The molecular formula is C20H22ClNO2. The summed E-state index contributed by atoms with van der Waals surface area (Å²) < 4.78 is 0. The summed E-state index contributed by atoms with van der Waals surface area (Å²) >= 11 is 6.00. The van der Waals surface area contributed by atoms with E-state index in [2.05, 4.69) is 12.1 Å². The molecule has 0 bridgehead atoms. The second-order valence-corrected chi connectivity index (χ2v) is 6.77. The van der Waals surface area contributed by atoms with Gasteiger partial charge in [0.25, 0.3) is 0 Å². The van der Waals surface area contributed by atoms with Gasteiger partial charge in [-0.25, -0.2) is 0 Å². The lowest BCUT2D eigenvalue weighted by molar-refractivity contribution is -0.133. The smallest absolute Gasteiger partial charge is 0.223 e. The maximum absolute atomic E-state index is 12.7. The number of aliphatic hydroxyl groups is 1. The van der Waals surface area contributed by atoms with Gasteiger partial charge in [-0.2, -0.15) is 0 Å². The van der Waals surface area contributed by atoms with Crippen LogP contribution in [0.25, 0.3) is 0 Å². The van der Waals surface area contributed by atoms with Crippen molar-refractivity contribution in [2.75, 3.05) is 13.1 Å². The number of hydrogen-bond acceptors (Lipinski definition) is 2. The van der Waals surface area contributed by atoms with Crippen LogP contribution in [0, 0.1) is 0 Å². The van der Waals surface area contributed by atoms with Crippen molar-refractivity contribution in [1.82, 2.24) is 4.90 Å². The Morgan fingerprint density at radius 2 is 1.62 bits per heavy atom. The number of piperidine rings is 1. The average molecular weight is 344 g/mol. The molecule has 24 heavy (non-hydrogen) atoms. The number of amides is 1. The molecule has 1 amide bonds. The molecule has 3 rings (SSSR count). The Kier molecular flexibility index (Phi) is 5.54. The van der Waals surface area contributed by atoms with Crippen molar-refractivity contribution in [2.45, 2.75) is 31.3 Å². The SMILES string of the molecule is O=C(C[C@@H](c1ccccc1)c1ccc(Cl)cc1)N1CCC(O)CC1. The van der Waals surface area contributed by atoms with Crippen LogP contribution in [0.15, 0.2) is 54.6 Å². The fraction of sp³-hybridized carbons (Fsp3) is 0.350. The van der Waals surface area contributed by atoms with Crippen LogP contribution in [0.4, 0.5) is 0 Å². The fourth-order valence-electron chi connectivity index (χ4n) is 3.23. The zero-order valence-corrected chi connectivity index (χ0v) is 14.3. The Bertz CT molecular complexity index is 664. The summed E-state index contributed by atoms with van der Waals surface area (Å²) in [4.78, 5) is 14.6. The molecule has 0 aliphatic carbocycles. The number of benzene rings is 2. The summed E-state index contributed by atoms with van der Waals surface area (Å²) in [6.07, 6.45) is 1.50. The number of nitrogens with zero attached hydrogens (tertiary/aromatic N) is 1. The summed E-state index contributed by atoms with van der Waals surface area (Å²) in [5.74, 6) is 0.161. The first-order valence-electron chi connectivity index (χ1n) is 8.40. The van der Waals surface area contributed by atoms with E-state index in [0.29, 0.717) is 37.4 Å². The van der Waals surface area contributed by atoms with Gasteiger partial charge in [0, 0.05) is 30.5 Å². The molecule has 1 atom stereocenters. The summed E-state index contributed by atoms with van der Waals surface area (Å²) in [6.45, 7) is 1.28. The van der Waals surface area contributed by atoms with Gasteiger partial charge in [-0.3, -0.25) is 4.79 Å². The average Bonchev–Trinajstić information content (AvgIpc) is 2.62. The van der Waals surface area contributed by atoms with Crippen molar-refractivity contribution in [3.8, 4) is 0 Å². The predicted octanol–water partition coefficient (Wildman–Crippen LogP) is 3.85. The Hall–Kier alpha value is -1.84. The molecule has 4 heteroatoms. The van der Waals surface area contributed by atoms with Crippen LogP contribution >= 0.6 is 11.6 Å². The van der Waals surface area contributed by atoms with E-state index < -0.39 is 0 Å². The van der Waals surface area contributed by atoms with Crippen LogP contribution in [-0.2, 0) is 4.79 Å². The van der Waals surface area contributed by atoms with Crippen molar-refractivity contribution in [3.63, 3.8) is 0 Å². The van der Waals surface area contributed by atoms with Crippen molar-refractivity contribution < 1.29 is 9.90 Å².